The van der Waals surface area contributed by atoms with Crippen molar-refractivity contribution in [3.05, 3.63) is 23.9 Å². The number of hydrogen-bond acceptors (Lipinski definition) is 4. The summed E-state index contributed by atoms with van der Waals surface area (Å²) in [5.74, 6) is 0.713. The molecular weight excluding hydrogens is 202 g/mol. The summed E-state index contributed by atoms with van der Waals surface area (Å²) >= 11 is 0. The van der Waals surface area contributed by atoms with Gasteiger partial charge in [0.05, 0.1) is 7.11 Å². The second-order valence-corrected chi connectivity index (χ2v) is 4.08. The highest BCUT2D eigenvalue weighted by molar-refractivity contribution is 5.24. The average Bonchev–Trinajstić information content (AvgIpc) is 3.13. The minimum Gasteiger partial charge on any atom is -0.481 e. The van der Waals surface area contributed by atoms with Crippen LogP contribution in [0.1, 0.15) is 18.4 Å². The van der Waals surface area contributed by atoms with Crippen molar-refractivity contribution in [2.24, 2.45) is 0 Å². The Balaban J connectivity index is 1.67. The monoisotopic (exact) mass is 221 g/mol. The van der Waals surface area contributed by atoms with E-state index in [0.717, 1.165) is 31.2 Å². The van der Waals surface area contributed by atoms with Crippen LogP contribution < -0.4 is 15.4 Å². The fraction of sp³-hybridized carbons (Fsp3) is 0.583. The molecule has 1 aromatic heterocycles. The maximum absolute atomic E-state index is 5.18. The van der Waals surface area contributed by atoms with Gasteiger partial charge in [0.25, 0.3) is 0 Å². The first-order valence-corrected chi connectivity index (χ1v) is 5.82. The molecule has 1 saturated carbocycles. The molecule has 0 saturated heterocycles. The SMILES string of the molecule is COc1ncccc1CNCCNC1CC1. The van der Waals surface area contributed by atoms with Gasteiger partial charge in [-0.3, -0.25) is 0 Å². The lowest BCUT2D eigenvalue weighted by Crippen LogP contribution is -2.28. The Morgan fingerprint density at radius 1 is 1.44 bits per heavy atom. The van der Waals surface area contributed by atoms with Gasteiger partial charge in [0.1, 0.15) is 0 Å². The molecule has 1 fully saturated rings. The third-order valence-electron chi connectivity index (χ3n) is 2.67. The van der Waals surface area contributed by atoms with Crippen molar-refractivity contribution in [2.45, 2.75) is 25.4 Å². The quantitative estimate of drug-likeness (QED) is 0.672. The van der Waals surface area contributed by atoms with Crippen LogP contribution in [0.25, 0.3) is 0 Å². The Bertz CT molecular complexity index is 326. The molecule has 1 aliphatic rings. The maximum Gasteiger partial charge on any atom is 0.217 e. The van der Waals surface area contributed by atoms with Gasteiger partial charge in [0.15, 0.2) is 0 Å². The molecule has 0 aliphatic heterocycles. The first-order chi connectivity index (χ1) is 7.90. The van der Waals surface area contributed by atoms with Gasteiger partial charge >= 0.3 is 0 Å². The fourth-order valence-electron chi connectivity index (χ4n) is 1.62. The first-order valence-electron chi connectivity index (χ1n) is 5.82. The minimum absolute atomic E-state index is 0.713. The summed E-state index contributed by atoms with van der Waals surface area (Å²) in [6, 6.07) is 4.75. The van der Waals surface area contributed by atoms with Gasteiger partial charge in [-0.25, -0.2) is 4.98 Å². The lowest BCUT2D eigenvalue weighted by Gasteiger charge is -2.08. The van der Waals surface area contributed by atoms with E-state index in [9.17, 15) is 0 Å². The largest absolute Gasteiger partial charge is 0.481 e. The first kappa shape index (κ1) is 11.4. The van der Waals surface area contributed by atoms with Crippen LogP contribution >= 0.6 is 0 Å². The van der Waals surface area contributed by atoms with Crippen LogP contribution in [0.4, 0.5) is 0 Å². The van der Waals surface area contributed by atoms with Crippen LogP contribution in [0.15, 0.2) is 18.3 Å². The van der Waals surface area contributed by atoms with E-state index in [-0.39, 0.29) is 0 Å². The van der Waals surface area contributed by atoms with Gasteiger partial charge in [-0.05, 0) is 18.9 Å². The van der Waals surface area contributed by atoms with Gasteiger partial charge in [-0.15, -0.1) is 0 Å². The molecule has 0 amide bonds. The Morgan fingerprint density at radius 3 is 3.06 bits per heavy atom. The lowest BCUT2D eigenvalue weighted by molar-refractivity contribution is 0.390. The topological polar surface area (TPSA) is 46.2 Å². The minimum atomic E-state index is 0.713. The van der Waals surface area contributed by atoms with E-state index in [1.807, 2.05) is 12.1 Å². The van der Waals surface area contributed by atoms with Crippen molar-refractivity contribution in [2.75, 3.05) is 20.2 Å². The summed E-state index contributed by atoms with van der Waals surface area (Å²) in [6.45, 7) is 2.82. The highest BCUT2D eigenvalue weighted by Crippen LogP contribution is 2.17. The highest BCUT2D eigenvalue weighted by Gasteiger charge is 2.19. The highest BCUT2D eigenvalue weighted by atomic mass is 16.5. The third kappa shape index (κ3) is 3.47. The van der Waals surface area contributed by atoms with Gasteiger partial charge in [0, 0.05) is 37.4 Å². The smallest absolute Gasteiger partial charge is 0.217 e. The van der Waals surface area contributed by atoms with Gasteiger partial charge in [0.2, 0.25) is 5.88 Å². The molecule has 1 heterocycles. The van der Waals surface area contributed by atoms with Crippen LogP contribution in [0, 0.1) is 0 Å². The summed E-state index contributed by atoms with van der Waals surface area (Å²) in [5, 5.41) is 6.84. The number of methoxy groups -OCH3 is 1. The maximum atomic E-state index is 5.18. The Morgan fingerprint density at radius 2 is 2.31 bits per heavy atom. The van der Waals surface area contributed by atoms with Crippen molar-refractivity contribution >= 4 is 0 Å². The lowest BCUT2D eigenvalue weighted by atomic mass is 10.2. The van der Waals surface area contributed by atoms with Crippen LogP contribution in [0.5, 0.6) is 5.88 Å². The molecule has 0 aromatic carbocycles. The van der Waals surface area contributed by atoms with Crippen molar-refractivity contribution in [1.82, 2.24) is 15.6 Å². The molecule has 2 rings (SSSR count). The molecule has 16 heavy (non-hydrogen) atoms. The zero-order valence-corrected chi connectivity index (χ0v) is 9.70. The molecule has 0 bridgehead atoms. The molecule has 4 heteroatoms. The zero-order chi connectivity index (χ0) is 11.2. The number of hydrogen-bond donors (Lipinski definition) is 2. The molecule has 1 aromatic rings. The molecule has 0 radical (unpaired) electrons. The van der Waals surface area contributed by atoms with E-state index in [1.165, 1.54) is 12.8 Å². The number of ether oxygens (including phenoxy) is 1. The number of aromatic nitrogens is 1. The summed E-state index contributed by atoms with van der Waals surface area (Å²) in [7, 11) is 1.65. The molecule has 2 N–H and O–H groups in total. The molecule has 88 valence electrons. The second kappa shape index (κ2) is 5.82. The second-order valence-electron chi connectivity index (χ2n) is 4.08. The molecule has 0 unspecified atom stereocenters. The molecular formula is C12H19N3O. The molecule has 0 spiro atoms. The van der Waals surface area contributed by atoms with Crippen molar-refractivity contribution in [3.63, 3.8) is 0 Å². The van der Waals surface area contributed by atoms with Crippen LogP contribution in [-0.2, 0) is 6.54 Å². The van der Waals surface area contributed by atoms with E-state index in [2.05, 4.69) is 15.6 Å². The summed E-state index contributed by atoms with van der Waals surface area (Å²) < 4.78 is 5.18. The third-order valence-corrected chi connectivity index (χ3v) is 2.67. The van der Waals surface area contributed by atoms with Gasteiger partial charge in [-0.1, -0.05) is 6.07 Å². The van der Waals surface area contributed by atoms with Crippen LogP contribution in [-0.4, -0.2) is 31.2 Å². The van der Waals surface area contributed by atoms with Gasteiger partial charge < -0.3 is 15.4 Å². The summed E-state index contributed by atoms with van der Waals surface area (Å²) in [5.41, 5.74) is 1.11. The fourth-order valence-corrected chi connectivity index (χ4v) is 1.62. The predicted octanol–water partition coefficient (Wildman–Crippen LogP) is 0.932. The van der Waals surface area contributed by atoms with Crippen molar-refractivity contribution in [3.8, 4) is 5.88 Å². The van der Waals surface area contributed by atoms with Crippen molar-refractivity contribution < 1.29 is 4.74 Å². The molecule has 4 nitrogen and oxygen atoms in total. The van der Waals surface area contributed by atoms with E-state index in [0.29, 0.717) is 5.88 Å². The Kier molecular flexibility index (Phi) is 4.13. The van der Waals surface area contributed by atoms with E-state index in [1.54, 1.807) is 13.3 Å². The number of pyridine rings is 1. The van der Waals surface area contributed by atoms with Crippen molar-refractivity contribution in [1.29, 1.82) is 0 Å². The molecule has 1 aliphatic carbocycles. The van der Waals surface area contributed by atoms with E-state index >= 15 is 0 Å². The standard InChI is InChI=1S/C12H19N3O/c1-16-12-10(3-2-6-15-12)9-13-7-8-14-11-4-5-11/h2-3,6,11,13-14H,4-5,7-9H2,1H3. The normalized spacial score (nSPS) is 15.1. The Labute approximate surface area is 96.4 Å². The van der Waals surface area contributed by atoms with E-state index < -0.39 is 0 Å². The van der Waals surface area contributed by atoms with Gasteiger partial charge in [-0.2, -0.15) is 0 Å². The Hall–Kier alpha value is -1.13. The molecule has 0 atom stereocenters. The summed E-state index contributed by atoms with van der Waals surface area (Å²) in [4.78, 5) is 4.16. The number of nitrogens with zero attached hydrogens (tertiary/aromatic N) is 1. The predicted molar refractivity (Wildman–Crippen MR) is 63.5 cm³/mol. The average molecular weight is 221 g/mol. The van der Waals surface area contributed by atoms with E-state index in [4.69, 9.17) is 4.74 Å². The summed E-state index contributed by atoms with van der Waals surface area (Å²) in [6.07, 6.45) is 4.43. The van der Waals surface area contributed by atoms with Crippen LogP contribution in [0.3, 0.4) is 0 Å². The number of nitrogens with one attached hydrogen (secondary N) is 2. The number of rotatable bonds is 7. The van der Waals surface area contributed by atoms with Crippen LogP contribution in [0.2, 0.25) is 0 Å². The zero-order valence-electron chi connectivity index (χ0n) is 9.70.